The van der Waals surface area contributed by atoms with E-state index in [0.717, 1.165) is 7.11 Å². The van der Waals surface area contributed by atoms with Gasteiger partial charge in [-0.2, -0.15) is 0 Å². The maximum Gasteiger partial charge on any atom is 0.413 e. The van der Waals surface area contributed by atoms with Gasteiger partial charge in [-0.15, -0.1) is 5.10 Å². The number of hydrogen-bond donors (Lipinski definition) is 2. The molecule has 0 fully saturated rings. The van der Waals surface area contributed by atoms with Gasteiger partial charge in [0.05, 0.1) is 13.3 Å². The van der Waals surface area contributed by atoms with Gasteiger partial charge in [0.1, 0.15) is 17.8 Å². The van der Waals surface area contributed by atoms with Gasteiger partial charge in [-0.05, 0) is 13.8 Å². The van der Waals surface area contributed by atoms with Crippen LogP contribution in [0.1, 0.15) is 19.5 Å². The van der Waals surface area contributed by atoms with E-state index in [9.17, 15) is 14.7 Å². The topological polar surface area (TPSA) is 106 Å². The second-order valence-electron chi connectivity index (χ2n) is 3.90. The molecule has 17 heavy (non-hydrogen) atoms. The number of ether oxygens (including phenoxy) is 1. The lowest BCUT2D eigenvalue weighted by Gasteiger charge is -2.11. The molecule has 1 heterocycles. The molecule has 8 nitrogen and oxygen atoms in total. The molecule has 0 aliphatic carbocycles. The molecule has 0 saturated heterocycles. The summed E-state index contributed by atoms with van der Waals surface area (Å²) in [4.78, 5) is 22.0. The van der Waals surface area contributed by atoms with Crippen molar-refractivity contribution in [2.75, 3.05) is 7.11 Å². The average molecular weight is 242 g/mol. The Kier molecular flexibility index (Phi) is 3.79. The number of imide groups is 1. The van der Waals surface area contributed by atoms with Gasteiger partial charge in [0.2, 0.25) is 0 Å². The van der Waals surface area contributed by atoms with Crippen LogP contribution in [0, 0.1) is 0 Å². The van der Waals surface area contributed by atoms with Crippen LogP contribution in [0.15, 0.2) is 6.20 Å². The van der Waals surface area contributed by atoms with E-state index in [-0.39, 0.29) is 6.54 Å². The fraction of sp³-hybridized carbons (Fsp3) is 0.556. The molecule has 2 amide bonds. The number of methoxy groups -OCH3 is 1. The molecule has 8 heteroatoms. The lowest BCUT2D eigenvalue weighted by atomic mass is 10.1. The molecule has 0 aliphatic rings. The second kappa shape index (κ2) is 4.91. The average Bonchev–Trinajstić information content (AvgIpc) is 2.65. The summed E-state index contributed by atoms with van der Waals surface area (Å²) >= 11 is 0. The van der Waals surface area contributed by atoms with Crippen molar-refractivity contribution in [2.24, 2.45) is 0 Å². The number of rotatable bonds is 3. The normalized spacial score (nSPS) is 11.1. The molecule has 0 unspecified atom stereocenters. The third-order valence-electron chi connectivity index (χ3n) is 1.90. The molecule has 0 atom stereocenters. The Morgan fingerprint density at radius 3 is 2.71 bits per heavy atom. The number of nitrogens with zero attached hydrogens (tertiary/aromatic N) is 3. The Labute approximate surface area is 97.6 Å². The van der Waals surface area contributed by atoms with Gasteiger partial charge in [0, 0.05) is 0 Å². The minimum absolute atomic E-state index is 0.182. The van der Waals surface area contributed by atoms with Gasteiger partial charge in [0.25, 0.3) is 5.91 Å². The van der Waals surface area contributed by atoms with E-state index in [1.54, 1.807) is 13.8 Å². The first-order chi connectivity index (χ1) is 7.82. The van der Waals surface area contributed by atoms with Crippen LogP contribution in [0.3, 0.4) is 0 Å². The lowest BCUT2D eigenvalue weighted by Crippen LogP contribution is -2.33. The predicted molar refractivity (Wildman–Crippen MR) is 55.8 cm³/mol. The number of alkyl carbamates (subject to hydrolysis) is 1. The monoisotopic (exact) mass is 242 g/mol. The summed E-state index contributed by atoms with van der Waals surface area (Å²) < 4.78 is 5.48. The standard InChI is InChI=1S/C9H14N4O4/c1-9(2,16)6-4-13(12-11-6)5-7(14)10-8(15)17-3/h4,16H,5H2,1-3H3,(H,10,14,15). The zero-order chi connectivity index (χ0) is 13.1. The maximum absolute atomic E-state index is 11.3. The Bertz CT molecular complexity index is 421. The third kappa shape index (κ3) is 3.83. The Balaban J connectivity index is 2.61. The highest BCUT2D eigenvalue weighted by Gasteiger charge is 2.20. The molecule has 1 aromatic heterocycles. The molecule has 0 aromatic carbocycles. The van der Waals surface area contributed by atoms with E-state index in [1.807, 2.05) is 5.32 Å². The molecule has 0 aliphatic heterocycles. The molecular weight excluding hydrogens is 228 g/mol. The van der Waals surface area contributed by atoms with Gasteiger partial charge in [-0.1, -0.05) is 5.21 Å². The summed E-state index contributed by atoms with van der Waals surface area (Å²) in [6.07, 6.45) is 0.592. The van der Waals surface area contributed by atoms with Crippen molar-refractivity contribution in [3.05, 3.63) is 11.9 Å². The van der Waals surface area contributed by atoms with Crippen molar-refractivity contribution >= 4 is 12.0 Å². The van der Waals surface area contributed by atoms with Crippen LogP contribution in [0.4, 0.5) is 4.79 Å². The van der Waals surface area contributed by atoms with Crippen LogP contribution >= 0.6 is 0 Å². The number of carbonyl (C=O) groups excluding carboxylic acids is 2. The van der Waals surface area contributed by atoms with Crippen molar-refractivity contribution in [3.63, 3.8) is 0 Å². The number of aromatic nitrogens is 3. The van der Waals surface area contributed by atoms with E-state index in [1.165, 1.54) is 10.9 Å². The third-order valence-corrected chi connectivity index (χ3v) is 1.90. The zero-order valence-electron chi connectivity index (χ0n) is 9.80. The quantitative estimate of drug-likeness (QED) is 0.732. The van der Waals surface area contributed by atoms with Gasteiger partial charge in [-0.3, -0.25) is 10.1 Å². The number of aliphatic hydroxyl groups is 1. The first kappa shape index (κ1) is 13.1. The lowest BCUT2D eigenvalue weighted by molar-refractivity contribution is -0.121. The molecule has 0 saturated carbocycles. The van der Waals surface area contributed by atoms with Crippen LogP contribution in [0.2, 0.25) is 0 Å². The maximum atomic E-state index is 11.3. The van der Waals surface area contributed by atoms with E-state index in [2.05, 4.69) is 15.0 Å². The van der Waals surface area contributed by atoms with E-state index < -0.39 is 17.6 Å². The Morgan fingerprint density at radius 1 is 1.59 bits per heavy atom. The highest BCUT2D eigenvalue weighted by atomic mass is 16.5. The summed E-state index contributed by atoms with van der Waals surface area (Å²) in [5, 5.41) is 19.0. The zero-order valence-corrected chi connectivity index (χ0v) is 9.80. The minimum atomic E-state index is -1.13. The second-order valence-corrected chi connectivity index (χ2v) is 3.90. The molecule has 1 rings (SSSR count). The Morgan fingerprint density at radius 2 is 2.24 bits per heavy atom. The van der Waals surface area contributed by atoms with E-state index in [4.69, 9.17) is 0 Å². The van der Waals surface area contributed by atoms with Crippen LogP contribution < -0.4 is 5.32 Å². The van der Waals surface area contributed by atoms with Crippen LogP contribution in [0.5, 0.6) is 0 Å². The summed E-state index contributed by atoms with van der Waals surface area (Å²) in [6.45, 7) is 2.92. The van der Waals surface area contributed by atoms with Crippen LogP contribution in [-0.2, 0) is 21.7 Å². The van der Waals surface area contributed by atoms with E-state index in [0.29, 0.717) is 5.69 Å². The Hall–Kier alpha value is -1.96. The van der Waals surface area contributed by atoms with Crippen molar-refractivity contribution in [2.45, 2.75) is 26.0 Å². The smallest absolute Gasteiger partial charge is 0.413 e. The van der Waals surface area contributed by atoms with Crippen LogP contribution in [-0.4, -0.2) is 39.2 Å². The number of hydrogen-bond acceptors (Lipinski definition) is 6. The van der Waals surface area contributed by atoms with Crippen molar-refractivity contribution in [1.29, 1.82) is 0 Å². The molecule has 94 valence electrons. The first-order valence-corrected chi connectivity index (χ1v) is 4.83. The first-order valence-electron chi connectivity index (χ1n) is 4.83. The number of nitrogens with one attached hydrogen (secondary N) is 1. The van der Waals surface area contributed by atoms with Gasteiger partial charge >= 0.3 is 6.09 Å². The number of amides is 2. The molecule has 0 bridgehead atoms. The van der Waals surface area contributed by atoms with Gasteiger partial charge < -0.3 is 9.84 Å². The van der Waals surface area contributed by atoms with Crippen molar-refractivity contribution in [3.8, 4) is 0 Å². The molecule has 0 radical (unpaired) electrons. The van der Waals surface area contributed by atoms with Crippen molar-refractivity contribution in [1.82, 2.24) is 20.3 Å². The molecule has 1 aromatic rings. The summed E-state index contributed by atoms with van der Waals surface area (Å²) in [5.41, 5.74) is -0.791. The fourth-order valence-electron chi connectivity index (χ4n) is 1.01. The summed E-state index contributed by atoms with van der Waals surface area (Å²) in [7, 11) is 1.16. The minimum Gasteiger partial charge on any atom is -0.453 e. The van der Waals surface area contributed by atoms with Crippen LogP contribution in [0.25, 0.3) is 0 Å². The van der Waals surface area contributed by atoms with E-state index >= 15 is 0 Å². The molecular formula is C9H14N4O4. The summed E-state index contributed by atoms with van der Waals surface area (Å²) in [6, 6.07) is 0. The fourth-order valence-corrected chi connectivity index (χ4v) is 1.01. The molecule has 2 N–H and O–H groups in total. The largest absolute Gasteiger partial charge is 0.453 e. The molecule has 0 spiro atoms. The SMILES string of the molecule is COC(=O)NC(=O)Cn1cc(C(C)(C)O)nn1. The van der Waals surface area contributed by atoms with Crippen molar-refractivity contribution < 1.29 is 19.4 Å². The number of carbonyl (C=O) groups is 2. The summed E-state index contributed by atoms with van der Waals surface area (Å²) in [5.74, 6) is -0.580. The highest BCUT2D eigenvalue weighted by molar-refractivity contribution is 5.91. The van der Waals surface area contributed by atoms with Gasteiger partial charge in [-0.25, -0.2) is 9.48 Å². The highest BCUT2D eigenvalue weighted by Crippen LogP contribution is 2.15. The predicted octanol–water partition coefficient (Wildman–Crippen LogP) is -0.612. The van der Waals surface area contributed by atoms with Gasteiger partial charge in [0.15, 0.2) is 0 Å².